The second-order valence-electron chi connectivity index (χ2n) is 5.27. The minimum atomic E-state index is 0.591. The van der Waals surface area contributed by atoms with Gasteiger partial charge in [-0.1, -0.05) is 6.42 Å². The number of hydrogen-bond donors (Lipinski definition) is 0. The molecule has 1 aliphatic rings. The summed E-state index contributed by atoms with van der Waals surface area (Å²) in [6.45, 7) is 8.19. The summed E-state index contributed by atoms with van der Waals surface area (Å²) in [5.74, 6) is 1.74. The lowest BCUT2D eigenvalue weighted by Gasteiger charge is -2.26. The molecule has 0 amide bonds. The predicted octanol–water partition coefficient (Wildman–Crippen LogP) is 2.97. The topological polar surface area (TPSA) is 30.9 Å². The highest BCUT2D eigenvalue weighted by molar-refractivity contribution is 5.31. The Morgan fingerprint density at radius 3 is 2.19 bits per heavy atom. The highest BCUT2D eigenvalue weighted by Crippen LogP contribution is 2.17. The lowest BCUT2D eigenvalue weighted by molar-refractivity contribution is 0.0750. The van der Waals surface area contributed by atoms with Crippen LogP contribution in [0.3, 0.4) is 0 Å². The van der Waals surface area contributed by atoms with Gasteiger partial charge < -0.3 is 19.1 Å². The van der Waals surface area contributed by atoms with Gasteiger partial charge in [-0.05, 0) is 57.1 Å². The molecule has 0 radical (unpaired) electrons. The van der Waals surface area contributed by atoms with Gasteiger partial charge in [0.2, 0.25) is 0 Å². The molecule has 0 aliphatic carbocycles. The molecule has 1 fully saturated rings. The molecule has 1 heterocycles. The fraction of sp³-hybridized carbons (Fsp3) is 0.647. The van der Waals surface area contributed by atoms with E-state index in [-0.39, 0.29) is 0 Å². The Bertz CT molecular complexity index is 374. The summed E-state index contributed by atoms with van der Waals surface area (Å²) < 4.78 is 16.7. The molecule has 4 nitrogen and oxygen atoms in total. The normalized spacial score (nSPS) is 15.9. The smallest absolute Gasteiger partial charge is 0.119 e. The quantitative estimate of drug-likeness (QED) is 0.655. The van der Waals surface area contributed by atoms with Crippen LogP contribution in [0.15, 0.2) is 24.3 Å². The monoisotopic (exact) mass is 293 g/mol. The molecule has 1 aromatic carbocycles. The molecule has 21 heavy (non-hydrogen) atoms. The van der Waals surface area contributed by atoms with Crippen molar-refractivity contribution in [1.82, 2.24) is 4.90 Å². The van der Waals surface area contributed by atoms with Crippen molar-refractivity contribution in [1.29, 1.82) is 0 Å². The molecule has 0 N–H and O–H groups in total. The third kappa shape index (κ3) is 6.36. The van der Waals surface area contributed by atoms with E-state index >= 15 is 0 Å². The summed E-state index contributed by atoms with van der Waals surface area (Å²) in [7, 11) is 0. The van der Waals surface area contributed by atoms with Gasteiger partial charge in [0.15, 0.2) is 0 Å². The Balaban J connectivity index is 1.51. The van der Waals surface area contributed by atoms with E-state index < -0.39 is 0 Å². The molecule has 0 unspecified atom stereocenters. The van der Waals surface area contributed by atoms with Crippen molar-refractivity contribution in [2.75, 3.05) is 46.1 Å². The molecule has 1 saturated heterocycles. The largest absolute Gasteiger partial charge is 0.494 e. The first-order valence-corrected chi connectivity index (χ1v) is 8.04. The molecule has 0 saturated carbocycles. The lowest BCUT2D eigenvalue weighted by Crippen LogP contribution is -2.32. The third-order valence-electron chi connectivity index (χ3n) is 3.63. The van der Waals surface area contributed by atoms with Crippen molar-refractivity contribution in [2.45, 2.75) is 26.2 Å². The summed E-state index contributed by atoms with van der Waals surface area (Å²) in [6, 6.07) is 7.71. The van der Waals surface area contributed by atoms with Gasteiger partial charge >= 0.3 is 0 Å². The van der Waals surface area contributed by atoms with Gasteiger partial charge in [0, 0.05) is 6.54 Å². The number of rotatable bonds is 9. The molecule has 4 heteroatoms. The molecule has 0 atom stereocenters. The van der Waals surface area contributed by atoms with Gasteiger partial charge in [0.05, 0.1) is 19.8 Å². The molecule has 2 rings (SSSR count). The Labute approximate surface area is 128 Å². The van der Waals surface area contributed by atoms with Crippen LogP contribution in [0.4, 0.5) is 0 Å². The van der Waals surface area contributed by atoms with Gasteiger partial charge in [-0.25, -0.2) is 0 Å². The van der Waals surface area contributed by atoms with Crippen LogP contribution in [-0.2, 0) is 4.74 Å². The minimum Gasteiger partial charge on any atom is -0.494 e. The van der Waals surface area contributed by atoms with Crippen LogP contribution in [0, 0.1) is 0 Å². The molecule has 0 bridgehead atoms. The van der Waals surface area contributed by atoms with E-state index in [0.29, 0.717) is 19.8 Å². The SMILES string of the molecule is CCOc1ccc(OCCOCCN2CCCCC2)cc1. The second kappa shape index (κ2) is 9.64. The number of likely N-dealkylation sites (tertiary alicyclic amines) is 1. The zero-order chi connectivity index (χ0) is 14.8. The molecule has 0 aromatic heterocycles. The number of piperidine rings is 1. The fourth-order valence-corrected chi connectivity index (χ4v) is 2.50. The number of benzene rings is 1. The van der Waals surface area contributed by atoms with Crippen molar-refractivity contribution in [2.24, 2.45) is 0 Å². The van der Waals surface area contributed by atoms with Crippen molar-refractivity contribution in [3.63, 3.8) is 0 Å². The van der Waals surface area contributed by atoms with Gasteiger partial charge in [-0.3, -0.25) is 0 Å². The molecule has 118 valence electrons. The Kier molecular flexibility index (Phi) is 7.39. The predicted molar refractivity (Wildman–Crippen MR) is 84.2 cm³/mol. The highest BCUT2D eigenvalue weighted by Gasteiger charge is 2.08. The summed E-state index contributed by atoms with van der Waals surface area (Å²) in [5, 5.41) is 0. The maximum atomic E-state index is 5.64. The number of hydrogen-bond acceptors (Lipinski definition) is 4. The Morgan fingerprint density at radius 1 is 0.857 bits per heavy atom. The average molecular weight is 293 g/mol. The van der Waals surface area contributed by atoms with E-state index in [4.69, 9.17) is 14.2 Å². The summed E-state index contributed by atoms with van der Waals surface area (Å²) >= 11 is 0. The highest BCUT2D eigenvalue weighted by atomic mass is 16.5. The van der Waals surface area contributed by atoms with Crippen LogP contribution in [0.1, 0.15) is 26.2 Å². The average Bonchev–Trinajstić information content (AvgIpc) is 2.53. The first-order valence-electron chi connectivity index (χ1n) is 8.04. The number of ether oxygens (including phenoxy) is 3. The van der Waals surface area contributed by atoms with E-state index in [1.807, 2.05) is 31.2 Å². The van der Waals surface area contributed by atoms with E-state index in [1.165, 1.54) is 32.4 Å². The van der Waals surface area contributed by atoms with Gasteiger partial charge in [0.25, 0.3) is 0 Å². The van der Waals surface area contributed by atoms with E-state index in [9.17, 15) is 0 Å². The first kappa shape index (κ1) is 16.1. The van der Waals surface area contributed by atoms with Crippen LogP contribution in [-0.4, -0.2) is 51.0 Å². The van der Waals surface area contributed by atoms with Gasteiger partial charge in [0.1, 0.15) is 18.1 Å². The molecular formula is C17H27NO3. The number of nitrogens with zero attached hydrogens (tertiary/aromatic N) is 1. The van der Waals surface area contributed by atoms with E-state index in [2.05, 4.69) is 4.90 Å². The lowest BCUT2D eigenvalue weighted by atomic mass is 10.1. The van der Waals surface area contributed by atoms with Crippen molar-refractivity contribution in [3.05, 3.63) is 24.3 Å². The van der Waals surface area contributed by atoms with Crippen LogP contribution in [0.2, 0.25) is 0 Å². The van der Waals surface area contributed by atoms with Crippen LogP contribution >= 0.6 is 0 Å². The van der Waals surface area contributed by atoms with Crippen LogP contribution in [0.25, 0.3) is 0 Å². The maximum Gasteiger partial charge on any atom is 0.119 e. The molecule has 0 spiro atoms. The van der Waals surface area contributed by atoms with Crippen molar-refractivity contribution >= 4 is 0 Å². The van der Waals surface area contributed by atoms with Crippen molar-refractivity contribution < 1.29 is 14.2 Å². The standard InChI is InChI=1S/C17H27NO3/c1-2-20-16-6-8-17(9-7-16)21-15-14-19-13-12-18-10-4-3-5-11-18/h6-9H,2-5,10-15H2,1H3. The summed E-state index contributed by atoms with van der Waals surface area (Å²) in [6.07, 6.45) is 4.05. The van der Waals surface area contributed by atoms with Crippen LogP contribution in [0.5, 0.6) is 11.5 Å². The summed E-state index contributed by atoms with van der Waals surface area (Å²) in [5.41, 5.74) is 0. The Morgan fingerprint density at radius 2 is 1.52 bits per heavy atom. The third-order valence-corrected chi connectivity index (χ3v) is 3.63. The van der Waals surface area contributed by atoms with Crippen LogP contribution < -0.4 is 9.47 Å². The van der Waals surface area contributed by atoms with E-state index in [0.717, 1.165) is 24.7 Å². The van der Waals surface area contributed by atoms with E-state index in [1.54, 1.807) is 0 Å². The maximum absolute atomic E-state index is 5.64. The fourth-order valence-electron chi connectivity index (χ4n) is 2.50. The second-order valence-corrected chi connectivity index (χ2v) is 5.27. The molecular weight excluding hydrogens is 266 g/mol. The first-order chi connectivity index (χ1) is 10.4. The van der Waals surface area contributed by atoms with Crippen molar-refractivity contribution in [3.8, 4) is 11.5 Å². The molecule has 1 aliphatic heterocycles. The molecule has 1 aromatic rings. The zero-order valence-corrected chi connectivity index (χ0v) is 13.1. The zero-order valence-electron chi connectivity index (χ0n) is 13.1. The van der Waals surface area contributed by atoms with Gasteiger partial charge in [-0.15, -0.1) is 0 Å². The van der Waals surface area contributed by atoms with Gasteiger partial charge in [-0.2, -0.15) is 0 Å². The Hall–Kier alpha value is -1.26. The minimum absolute atomic E-state index is 0.591. The summed E-state index contributed by atoms with van der Waals surface area (Å²) in [4.78, 5) is 2.48.